The molecule has 0 atom stereocenters. The highest BCUT2D eigenvalue weighted by Crippen LogP contribution is 2.18. The molecule has 0 aliphatic rings. The summed E-state index contributed by atoms with van der Waals surface area (Å²) < 4.78 is 0. The van der Waals surface area contributed by atoms with E-state index in [0.29, 0.717) is 17.3 Å². The van der Waals surface area contributed by atoms with Crippen molar-refractivity contribution in [3.63, 3.8) is 0 Å². The van der Waals surface area contributed by atoms with Crippen LogP contribution in [0.2, 0.25) is 5.02 Å². The summed E-state index contributed by atoms with van der Waals surface area (Å²) in [6, 6.07) is 5.30. The lowest BCUT2D eigenvalue weighted by atomic mass is 10.2. The lowest BCUT2D eigenvalue weighted by Crippen LogP contribution is -2.25. The number of hydrazine groups is 1. The first-order chi connectivity index (χ1) is 6.63. The monoisotopic (exact) mass is 212 g/mol. The van der Waals surface area contributed by atoms with Crippen LogP contribution in [0.1, 0.15) is 5.56 Å². The van der Waals surface area contributed by atoms with Crippen LogP contribution in [0, 0.1) is 0 Å². The van der Waals surface area contributed by atoms with Gasteiger partial charge in [0, 0.05) is 23.1 Å². The van der Waals surface area contributed by atoms with E-state index in [9.17, 15) is 0 Å². The molecular weight excluding hydrogens is 200 g/mol. The first-order valence-electron chi connectivity index (χ1n) is 4.07. The number of nitrogens with two attached hydrogens (primary N) is 3. The molecule has 1 aromatic rings. The summed E-state index contributed by atoms with van der Waals surface area (Å²) >= 11 is 5.76. The number of nitrogen functional groups attached to an aromatic ring is 1. The summed E-state index contributed by atoms with van der Waals surface area (Å²) in [6.45, 7) is 0.497. The summed E-state index contributed by atoms with van der Waals surface area (Å²) in [4.78, 5) is 0. The molecule has 0 aromatic heterocycles. The van der Waals surface area contributed by atoms with E-state index in [2.05, 4.69) is 0 Å². The van der Waals surface area contributed by atoms with Crippen LogP contribution < -0.4 is 17.3 Å². The zero-order chi connectivity index (χ0) is 10.6. The van der Waals surface area contributed by atoms with E-state index in [4.69, 9.17) is 28.9 Å². The lowest BCUT2D eigenvalue weighted by Gasteiger charge is -2.14. The molecule has 0 heterocycles. The Labute approximate surface area is 87.9 Å². The molecule has 0 unspecified atom stereocenters. The molecule has 14 heavy (non-hydrogen) atoms. The van der Waals surface area contributed by atoms with Gasteiger partial charge in [0.15, 0.2) is 0 Å². The fourth-order valence-corrected chi connectivity index (χ4v) is 1.25. The van der Waals surface area contributed by atoms with E-state index >= 15 is 0 Å². The summed E-state index contributed by atoms with van der Waals surface area (Å²) in [5.74, 6) is 5.60. The summed E-state index contributed by atoms with van der Waals surface area (Å²) in [6.07, 6.45) is 2.93. The van der Waals surface area contributed by atoms with Crippen molar-refractivity contribution in [1.29, 1.82) is 0 Å². The minimum absolute atomic E-state index is 0.497. The van der Waals surface area contributed by atoms with Gasteiger partial charge < -0.3 is 16.5 Å². The van der Waals surface area contributed by atoms with Gasteiger partial charge in [0.05, 0.1) is 6.54 Å². The Bertz CT molecular complexity index is 338. The number of nitrogens with zero attached hydrogens (tertiary/aromatic N) is 1. The Hall–Kier alpha value is -1.39. The van der Waals surface area contributed by atoms with Crippen molar-refractivity contribution in [3.05, 3.63) is 41.2 Å². The number of hydrogen-bond donors (Lipinski definition) is 3. The van der Waals surface area contributed by atoms with Crippen LogP contribution in [0.25, 0.3) is 0 Å². The van der Waals surface area contributed by atoms with Gasteiger partial charge in [0.2, 0.25) is 0 Å². The molecule has 0 radical (unpaired) electrons. The molecule has 0 saturated carbocycles. The van der Waals surface area contributed by atoms with Crippen LogP contribution in [-0.4, -0.2) is 5.01 Å². The van der Waals surface area contributed by atoms with Gasteiger partial charge in [-0.25, -0.2) is 5.84 Å². The van der Waals surface area contributed by atoms with E-state index in [1.54, 1.807) is 18.3 Å². The normalized spacial score (nSPS) is 10.7. The van der Waals surface area contributed by atoms with E-state index in [-0.39, 0.29) is 0 Å². The van der Waals surface area contributed by atoms with E-state index in [1.807, 2.05) is 6.07 Å². The molecule has 1 aromatic carbocycles. The van der Waals surface area contributed by atoms with Gasteiger partial charge in [-0.15, -0.1) is 0 Å². The number of hydrogen-bond acceptors (Lipinski definition) is 4. The topological polar surface area (TPSA) is 81.3 Å². The summed E-state index contributed by atoms with van der Waals surface area (Å²) in [5, 5.41) is 2.06. The van der Waals surface area contributed by atoms with Crippen molar-refractivity contribution in [3.8, 4) is 0 Å². The summed E-state index contributed by atoms with van der Waals surface area (Å²) in [7, 11) is 0. The molecule has 1 rings (SSSR count). The lowest BCUT2D eigenvalue weighted by molar-refractivity contribution is 0.387. The quantitative estimate of drug-likeness (QED) is 0.397. The third kappa shape index (κ3) is 2.83. The Kier molecular flexibility index (Phi) is 3.62. The van der Waals surface area contributed by atoms with Gasteiger partial charge in [-0.3, -0.25) is 0 Å². The van der Waals surface area contributed by atoms with Gasteiger partial charge in [-0.1, -0.05) is 17.7 Å². The van der Waals surface area contributed by atoms with Crippen LogP contribution in [0.15, 0.2) is 30.6 Å². The first kappa shape index (κ1) is 10.7. The maximum absolute atomic E-state index is 5.76. The molecule has 0 amide bonds. The molecule has 0 spiro atoms. The van der Waals surface area contributed by atoms with Crippen molar-refractivity contribution in [2.24, 2.45) is 11.6 Å². The third-order valence-electron chi connectivity index (χ3n) is 1.74. The van der Waals surface area contributed by atoms with Crippen molar-refractivity contribution < 1.29 is 0 Å². The van der Waals surface area contributed by atoms with Gasteiger partial charge in [0.25, 0.3) is 0 Å². The second-order valence-corrected chi connectivity index (χ2v) is 3.29. The molecule has 0 aliphatic carbocycles. The Morgan fingerprint density at radius 1 is 1.43 bits per heavy atom. The smallest absolute Gasteiger partial charge is 0.0606 e. The van der Waals surface area contributed by atoms with Crippen molar-refractivity contribution >= 4 is 17.3 Å². The van der Waals surface area contributed by atoms with Crippen molar-refractivity contribution in [1.82, 2.24) is 5.01 Å². The SMILES string of the molecule is N/C=C\N(N)Cc1ccc(Cl)cc1N. The average Bonchev–Trinajstić information content (AvgIpc) is 2.10. The molecule has 5 heteroatoms. The van der Waals surface area contributed by atoms with E-state index < -0.39 is 0 Å². The standard InChI is InChI=1S/C9H13ClN4/c10-8-2-1-7(9(12)5-8)6-14(13)4-3-11/h1-5H,6,11-13H2/b4-3-. The predicted octanol–water partition coefficient (Wildman–Crippen LogP) is 1.03. The van der Waals surface area contributed by atoms with E-state index in [1.165, 1.54) is 11.2 Å². The highest BCUT2D eigenvalue weighted by molar-refractivity contribution is 6.30. The zero-order valence-corrected chi connectivity index (χ0v) is 8.41. The minimum atomic E-state index is 0.497. The maximum Gasteiger partial charge on any atom is 0.0606 e. The fraction of sp³-hybridized carbons (Fsp3) is 0.111. The highest BCUT2D eigenvalue weighted by atomic mass is 35.5. The first-order valence-corrected chi connectivity index (χ1v) is 4.45. The highest BCUT2D eigenvalue weighted by Gasteiger charge is 2.01. The van der Waals surface area contributed by atoms with Gasteiger partial charge in [-0.05, 0) is 17.7 Å². The molecule has 0 fully saturated rings. The average molecular weight is 213 g/mol. The van der Waals surface area contributed by atoms with Crippen LogP contribution >= 0.6 is 11.6 Å². The zero-order valence-electron chi connectivity index (χ0n) is 7.65. The Balaban J connectivity index is 2.76. The number of anilines is 1. The van der Waals surface area contributed by atoms with Crippen molar-refractivity contribution in [2.45, 2.75) is 6.54 Å². The molecular formula is C9H13ClN4. The number of rotatable bonds is 3. The van der Waals surface area contributed by atoms with Gasteiger partial charge >= 0.3 is 0 Å². The van der Waals surface area contributed by atoms with Gasteiger partial charge in [-0.2, -0.15) is 0 Å². The molecule has 0 aliphatic heterocycles. The van der Waals surface area contributed by atoms with Crippen LogP contribution in [0.3, 0.4) is 0 Å². The van der Waals surface area contributed by atoms with Crippen LogP contribution in [0.5, 0.6) is 0 Å². The van der Waals surface area contributed by atoms with Crippen LogP contribution in [-0.2, 0) is 6.54 Å². The van der Waals surface area contributed by atoms with Crippen molar-refractivity contribution in [2.75, 3.05) is 5.73 Å². The molecule has 76 valence electrons. The minimum Gasteiger partial charge on any atom is -0.403 e. The second kappa shape index (κ2) is 4.74. The molecule has 0 bridgehead atoms. The number of benzene rings is 1. The van der Waals surface area contributed by atoms with Crippen LogP contribution in [0.4, 0.5) is 5.69 Å². The van der Waals surface area contributed by atoms with E-state index in [0.717, 1.165) is 5.56 Å². The summed E-state index contributed by atoms with van der Waals surface area (Å²) in [5.41, 5.74) is 12.5. The predicted molar refractivity (Wildman–Crippen MR) is 58.9 cm³/mol. The van der Waals surface area contributed by atoms with Gasteiger partial charge in [0.1, 0.15) is 0 Å². The maximum atomic E-state index is 5.76. The Morgan fingerprint density at radius 2 is 2.14 bits per heavy atom. The second-order valence-electron chi connectivity index (χ2n) is 2.86. The Morgan fingerprint density at radius 3 is 2.71 bits per heavy atom. The molecule has 4 nitrogen and oxygen atoms in total. The molecule has 6 N–H and O–H groups in total. The third-order valence-corrected chi connectivity index (χ3v) is 1.97. The number of halogens is 1. The molecule has 0 saturated heterocycles. The largest absolute Gasteiger partial charge is 0.403 e. The fourth-order valence-electron chi connectivity index (χ4n) is 1.07.